The number of carbonyl (C=O) groups excluding carboxylic acids is 2. The van der Waals surface area contributed by atoms with Gasteiger partial charge in [0.1, 0.15) is 11.7 Å². The molecule has 5 heteroatoms. The summed E-state index contributed by atoms with van der Waals surface area (Å²) in [5.41, 5.74) is 0. The molecule has 0 unspecified atom stereocenters. The fourth-order valence-corrected chi connectivity index (χ4v) is 4.21. The molecule has 1 aliphatic rings. The van der Waals surface area contributed by atoms with Gasteiger partial charge in [0.25, 0.3) is 0 Å². The molecule has 0 N–H and O–H groups in total. The number of unbranched alkanes of at least 4 members (excludes halogenated alkanes) is 1. The molecule has 0 spiro atoms. The minimum absolute atomic E-state index is 0.0170. The third-order valence-electron chi connectivity index (χ3n) is 5.25. The molecule has 0 aromatic rings. The minimum Gasteiger partial charge on any atom is -0.468 e. The van der Waals surface area contributed by atoms with Crippen molar-refractivity contribution in [3.63, 3.8) is 0 Å². The van der Waals surface area contributed by atoms with Crippen LogP contribution in [0.15, 0.2) is 0 Å². The summed E-state index contributed by atoms with van der Waals surface area (Å²) in [6, 6.07) is 0. The Morgan fingerprint density at radius 1 is 1.32 bits per heavy atom. The maximum atomic E-state index is 12.3. The van der Waals surface area contributed by atoms with Crippen molar-refractivity contribution in [3.8, 4) is 0 Å². The number of carbonyl (C=O) groups is 2. The van der Waals surface area contributed by atoms with Crippen molar-refractivity contribution in [2.75, 3.05) is 7.11 Å². The molecule has 1 rings (SSSR count). The van der Waals surface area contributed by atoms with Crippen molar-refractivity contribution in [1.82, 2.24) is 0 Å². The highest BCUT2D eigenvalue weighted by Gasteiger charge is 2.50. The molecule has 0 bridgehead atoms. The van der Waals surface area contributed by atoms with E-state index in [1.54, 1.807) is 0 Å². The summed E-state index contributed by atoms with van der Waals surface area (Å²) >= 11 is 0. The van der Waals surface area contributed by atoms with E-state index in [1.165, 1.54) is 7.11 Å². The van der Waals surface area contributed by atoms with Crippen LogP contribution in [-0.4, -0.2) is 33.3 Å². The lowest BCUT2D eigenvalue weighted by Gasteiger charge is -2.40. The molecule has 0 aromatic heterocycles. The van der Waals surface area contributed by atoms with Gasteiger partial charge in [0.15, 0.2) is 8.32 Å². The number of esters is 1. The van der Waals surface area contributed by atoms with Gasteiger partial charge in [-0.2, -0.15) is 0 Å². The quantitative estimate of drug-likeness (QED) is 0.421. The first-order valence-corrected chi connectivity index (χ1v) is 11.2. The minimum atomic E-state index is -1.96. The number of ether oxygens (including phenoxy) is 1. The summed E-state index contributed by atoms with van der Waals surface area (Å²) in [7, 11) is -0.604. The molecule has 1 aliphatic carbocycles. The second kappa shape index (κ2) is 7.26. The van der Waals surface area contributed by atoms with Crippen molar-refractivity contribution in [2.45, 2.75) is 77.6 Å². The van der Waals surface area contributed by atoms with Crippen LogP contribution in [0.25, 0.3) is 0 Å². The molecule has 1 saturated carbocycles. The highest BCUT2D eigenvalue weighted by molar-refractivity contribution is 6.74. The molecule has 0 saturated heterocycles. The molecule has 0 radical (unpaired) electrons. The van der Waals surface area contributed by atoms with Crippen LogP contribution in [0.2, 0.25) is 18.1 Å². The summed E-state index contributed by atoms with van der Waals surface area (Å²) < 4.78 is 11.3. The van der Waals surface area contributed by atoms with Crippen LogP contribution in [-0.2, 0) is 18.8 Å². The largest absolute Gasteiger partial charge is 0.468 e. The first-order valence-electron chi connectivity index (χ1n) is 8.33. The maximum Gasteiger partial charge on any atom is 0.316 e. The van der Waals surface area contributed by atoms with Gasteiger partial charge < -0.3 is 9.16 Å². The van der Waals surface area contributed by atoms with E-state index in [9.17, 15) is 9.59 Å². The SMILES string of the molecule is CCCC[C@H]1[C@H](C(=O)OC)C(=O)C[C@@H]1O[Si](C)(C)C(C)(C)C. The molecule has 0 aromatic carbocycles. The molecule has 1 fully saturated rings. The van der Waals surface area contributed by atoms with Crippen LogP contribution >= 0.6 is 0 Å². The van der Waals surface area contributed by atoms with Gasteiger partial charge in [0, 0.05) is 12.3 Å². The Morgan fingerprint density at radius 3 is 2.36 bits per heavy atom. The zero-order valence-corrected chi connectivity index (χ0v) is 16.2. The summed E-state index contributed by atoms with van der Waals surface area (Å²) in [6.45, 7) is 13.1. The van der Waals surface area contributed by atoms with Crippen LogP contribution in [0.3, 0.4) is 0 Å². The lowest BCUT2D eigenvalue weighted by molar-refractivity contribution is -0.150. The summed E-state index contributed by atoms with van der Waals surface area (Å²) in [4.78, 5) is 24.3. The Hall–Kier alpha value is -0.683. The molecule has 3 atom stereocenters. The van der Waals surface area contributed by atoms with Gasteiger partial charge in [-0.3, -0.25) is 9.59 Å². The first kappa shape index (κ1) is 19.4. The molecule has 0 amide bonds. The van der Waals surface area contributed by atoms with E-state index in [0.717, 1.165) is 19.3 Å². The van der Waals surface area contributed by atoms with Crippen LogP contribution in [0, 0.1) is 11.8 Å². The van der Waals surface area contributed by atoms with Crippen molar-refractivity contribution in [3.05, 3.63) is 0 Å². The van der Waals surface area contributed by atoms with Crippen LogP contribution in [0.1, 0.15) is 53.4 Å². The number of Topliss-reactive ketones (excluding diaryl/α,β-unsaturated/α-hetero) is 1. The third-order valence-corrected chi connectivity index (χ3v) is 9.76. The average molecular weight is 329 g/mol. The Kier molecular flexibility index (Phi) is 6.39. The smallest absolute Gasteiger partial charge is 0.316 e. The normalized spacial score (nSPS) is 26.3. The molecule has 22 heavy (non-hydrogen) atoms. The van der Waals surface area contributed by atoms with E-state index < -0.39 is 20.2 Å². The molecular weight excluding hydrogens is 296 g/mol. The fraction of sp³-hybridized carbons (Fsp3) is 0.882. The molecule has 128 valence electrons. The predicted octanol–water partition coefficient (Wildman–Crippen LogP) is 3.95. The van der Waals surface area contributed by atoms with Crippen molar-refractivity contribution in [1.29, 1.82) is 0 Å². The number of rotatable bonds is 6. The Balaban J connectivity index is 2.97. The van der Waals surface area contributed by atoms with Crippen molar-refractivity contribution >= 4 is 20.1 Å². The number of hydrogen-bond acceptors (Lipinski definition) is 4. The van der Waals surface area contributed by atoms with Gasteiger partial charge in [-0.15, -0.1) is 0 Å². The van der Waals surface area contributed by atoms with Crippen molar-refractivity contribution < 1.29 is 18.8 Å². The summed E-state index contributed by atoms with van der Waals surface area (Å²) in [5, 5.41) is 0.0920. The van der Waals surface area contributed by atoms with E-state index in [4.69, 9.17) is 9.16 Å². The third kappa shape index (κ3) is 4.19. The number of ketones is 1. The first-order chi connectivity index (χ1) is 10.0. The zero-order valence-electron chi connectivity index (χ0n) is 15.2. The van der Waals surface area contributed by atoms with Crippen LogP contribution < -0.4 is 0 Å². The highest BCUT2D eigenvalue weighted by atomic mass is 28.4. The average Bonchev–Trinajstić information content (AvgIpc) is 2.69. The monoisotopic (exact) mass is 328 g/mol. The lowest BCUT2D eigenvalue weighted by atomic mass is 9.89. The van der Waals surface area contributed by atoms with E-state index in [-0.39, 0.29) is 22.8 Å². The Labute approximate surface area is 136 Å². The highest BCUT2D eigenvalue weighted by Crippen LogP contribution is 2.43. The fourth-order valence-electron chi connectivity index (χ4n) is 2.84. The Morgan fingerprint density at radius 2 is 1.91 bits per heavy atom. The number of hydrogen-bond donors (Lipinski definition) is 0. The second-order valence-corrected chi connectivity index (χ2v) is 12.7. The summed E-state index contributed by atoms with van der Waals surface area (Å²) in [6.07, 6.45) is 3.11. The Bertz CT molecular complexity index is 411. The molecule has 4 nitrogen and oxygen atoms in total. The zero-order chi connectivity index (χ0) is 17.1. The van der Waals surface area contributed by atoms with Crippen LogP contribution in [0.5, 0.6) is 0 Å². The van der Waals surface area contributed by atoms with Gasteiger partial charge in [0.2, 0.25) is 0 Å². The standard InChI is InChI=1S/C17H32O4Si/c1-8-9-10-12-14(21-22(6,7)17(2,3)4)11-13(18)15(12)16(19)20-5/h12,14-15H,8-11H2,1-7H3/t12-,14+,15+/m1/s1. The van der Waals surface area contributed by atoms with Crippen molar-refractivity contribution in [2.24, 2.45) is 11.8 Å². The van der Waals surface area contributed by atoms with Gasteiger partial charge in [0.05, 0.1) is 13.2 Å². The van der Waals surface area contributed by atoms with Gasteiger partial charge in [-0.05, 0) is 24.6 Å². The van der Waals surface area contributed by atoms with Gasteiger partial charge >= 0.3 is 5.97 Å². The predicted molar refractivity (Wildman–Crippen MR) is 90.2 cm³/mol. The van der Waals surface area contributed by atoms with E-state index in [2.05, 4.69) is 40.8 Å². The molecule has 0 heterocycles. The molecule has 0 aliphatic heterocycles. The van der Waals surface area contributed by atoms with E-state index >= 15 is 0 Å². The number of methoxy groups -OCH3 is 1. The van der Waals surface area contributed by atoms with Crippen LogP contribution in [0.4, 0.5) is 0 Å². The maximum absolute atomic E-state index is 12.3. The second-order valence-electron chi connectivity index (χ2n) is 7.89. The van der Waals surface area contributed by atoms with E-state index in [1.807, 2.05) is 0 Å². The van der Waals surface area contributed by atoms with Gasteiger partial charge in [-0.25, -0.2) is 0 Å². The van der Waals surface area contributed by atoms with E-state index in [0.29, 0.717) is 6.42 Å². The topological polar surface area (TPSA) is 52.6 Å². The van der Waals surface area contributed by atoms with Gasteiger partial charge in [-0.1, -0.05) is 40.5 Å². The lowest BCUT2D eigenvalue weighted by Crippen LogP contribution is -2.45. The summed E-state index contributed by atoms with van der Waals surface area (Å²) in [5.74, 6) is -1.08. The molecular formula is C17H32O4Si.